The van der Waals surface area contributed by atoms with E-state index in [-0.39, 0.29) is 0 Å². The summed E-state index contributed by atoms with van der Waals surface area (Å²) in [5.74, 6) is 0.927. The van der Waals surface area contributed by atoms with E-state index in [0.29, 0.717) is 5.41 Å². The van der Waals surface area contributed by atoms with E-state index in [1.54, 1.807) is 0 Å². The van der Waals surface area contributed by atoms with Crippen LogP contribution in [-0.2, 0) is 0 Å². The second-order valence-corrected chi connectivity index (χ2v) is 6.88. The van der Waals surface area contributed by atoms with E-state index < -0.39 is 0 Å². The third-order valence-corrected chi connectivity index (χ3v) is 4.45. The van der Waals surface area contributed by atoms with Gasteiger partial charge in [-0.15, -0.1) is 0 Å². The Hall–Kier alpha value is -0.0800. The van der Waals surface area contributed by atoms with Crippen molar-refractivity contribution in [2.45, 2.75) is 65.3 Å². The number of nitrogens with zero attached hydrogens (tertiary/aromatic N) is 1. The second kappa shape index (κ2) is 6.75. The molecule has 1 saturated carbocycles. The predicted molar refractivity (Wildman–Crippen MR) is 76.1 cm³/mol. The molecule has 0 aromatic heterocycles. The van der Waals surface area contributed by atoms with Crippen molar-refractivity contribution in [3.8, 4) is 0 Å². The summed E-state index contributed by atoms with van der Waals surface area (Å²) in [6.07, 6.45) is 8.19. The van der Waals surface area contributed by atoms with Gasteiger partial charge in [0.25, 0.3) is 0 Å². The van der Waals surface area contributed by atoms with Gasteiger partial charge in [-0.25, -0.2) is 0 Å². The molecule has 0 bridgehead atoms. The Kier molecular flexibility index (Phi) is 5.94. The molecule has 1 rings (SSSR count). The molecule has 0 aromatic rings. The summed E-state index contributed by atoms with van der Waals surface area (Å²) in [4.78, 5) is 2.59. The van der Waals surface area contributed by atoms with Crippen LogP contribution in [0.2, 0.25) is 0 Å². The van der Waals surface area contributed by atoms with Crippen LogP contribution in [0.3, 0.4) is 0 Å². The number of hydrogen-bond donors (Lipinski definition) is 1. The van der Waals surface area contributed by atoms with Gasteiger partial charge in [0.15, 0.2) is 0 Å². The number of rotatable bonds is 6. The molecule has 1 fully saturated rings. The van der Waals surface area contributed by atoms with Crippen LogP contribution in [-0.4, -0.2) is 31.1 Å². The van der Waals surface area contributed by atoms with Crippen LogP contribution in [0.4, 0.5) is 0 Å². The molecule has 0 radical (unpaired) electrons. The van der Waals surface area contributed by atoms with Crippen LogP contribution < -0.4 is 5.73 Å². The molecule has 2 N–H and O–H groups in total. The Bertz CT molecular complexity index is 213. The second-order valence-electron chi connectivity index (χ2n) is 6.88. The zero-order chi connectivity index (χ0) is 12.9. The van der Waals surface area contributed by atoms with Gasteiger partial charge in [-0.05, 0) is 57.2 Å². The van der Waals surface area contributed by atoms with Gasteiger partial charge in [0, 0.05) is 6.04 Å². The predicted octanol–water partition coefficient (Wildman–Crippen LogP) is 3.26. The minimum Gasteiger partial charge on any atom is -0.330 e. The maximum atomic E-state index is 5.77. The Labute approximate surface area is 108 Å². The third kappa shape index (κ3) is 5.39. The minimum absolute atomic E-state index is 0.320. The smallest absolute Gasteiger partial charge is 0.00947 e. The number of hydrogen-bond acceptors (Lipinski definition) is 2. The van der Waals surface area contributed by atoms with Crippen molar-refractivity contribution in [2.75, 3.05) is 20.1 Å². The molecule has 0 amide bonds. The van der Waals surface area contributed by atoms with Crippen LogP contribution >= 0.6 is 0 Å². The van der Waals surface area contributed by atoms with Crippen molar-refractivity contribution in [3.63, 3.8) is 0 Å². The fourth-order valence-electron chi connectivity index (χ4n) is 2.89. The zero-order valence-electron chi connectivity index (χ0n) is 12.3. The summed E-state index contributed by atoms with van der Waals surface area (Å²) in [5.41, 5.74) is 6.09. The van der Waals surface area contributed by atoms with Crippen molar-refractivity contribution in [1.82, 2.24) is 4.90 Å². The first-order chi connectivity index (χ1) is 7.94. The lowest BCUT2D eigenvalue weighted by Gasteiger charge is -2.34. The topological polar surface area (TPSA) is 29.3 Å². The lowest BCUT2D eigenvalue weighted by Crippen LogP contribution is -2.36. The van der Waals surface area contributed by atoms with Crippen LogP contribution in [0, 0.1) is 11.3 Å². The highest BCUT2D eigenvalue weighted by Crippen LogP contribution is 2.27. The van der Waals surface area contributed by atoms with Crippen molar-refractivity contribution < 1.29 is 0 Å². The van der Waals surface area contributed by atoms with E-state index in [1.165, 1.54) is 45.1 Å². The molecule has 2 unspecified atom stereocenters. The zero-order valence-corrected chi connectivity index (χ0v) is 12.3. The highest BCUT2D eigenvalue weighted by molar-refractivity contribution is 4.78. The lowest BCUT2D eigenvalue weighted by atomic mass is 9.85. The van der Waals surface area contributed by atoms with Gasteiger partial charge in [-0.1, -0.05) is 33.6 Å². The molecule has 17 heavy (non-hydrogen) atoms. The van der Waals surface area contributed by atoms with Gasteiger partial charge in [0.2, 0.25) is 0 Å². The van der Waals surface area contributed by atoms with Crippen LogP contribution in [0.25, 0.3) is 0 Å². The first-order valence-corrected chi connectivity index (χ1v) is 7.35. The van der Waals surface area contributed by atoms with Gasteiger partial charge in [-0.2, -0.15) is 0 Å². The molecule has 2 heteroatoms. The van der Waals surface area contributed by atoms with Crippen molar-refractivity contribution in [2.24, 2.45) is 17.1 Å². The van der Waals surface area contributed by atoms with Gasteiger partial charge >= 0.3 is 0 Å². The average molecular weight is 240 g/mol. The molecule has 0 heterocycles. The van der Waals surface area contributed by atoms with Crippen molar-refractivity contribution in [3.05, 3.63) is 0 Å². The van der Waals surface area contributed by atoms with E-state index in [2.05, 4.69) is 32.7 Å². The van der Waals surface area contributed by atoms with Crippen LogP contribution in [0.1, 0.15) is 59.3 Å². The maximum Gasteiger partial charge on any atom is 0.00947 e. The van der Waals surface area contributed by atoms with Gasteiger partial charge in [-0.3, -0.25) is 0 Å². The summed E-state index contributed by atoms with van der Waals surface area (Å²) in [5, 5.41) is 0. The highest BCUT2D eigenvalue weighted by Gasteiger charge is 2.22. The molecule has 0 aromatic carbocycles. The standard InChI is InChI=1S/C15H32N2/c1-13-7-5-8-14(11-13)17(4)10-6-9-15(2,3)12-16/h13-14H,5-12,16H2,1-4H3. The Balaban J connectivity index is 2.22. The molecule has 102 valence electrons. The van der Waals surface area contributed by atoms with E-state index in [4.69, 9.17) is 5.73 Å². The SMILES string of the molecule is CC1CCCC(N(C)CCCC(C)(C)CN)C1. The number of nitrogens with two attached hydrogens (primary N) is 1. The molecular formula is C15H32N2. The summed E-state index contributed by atoms with van der Waals surface area (Å²) in [7, 11) is 2.30. The van der Waals surface area contributed by atoms with Gasteiger partial charge in [0.05, 0.1) is 0 Å². The fraction of sp³-hybridized carbons (Fsp3) is 1.00. The Morgan fingerprint density at radius 2 is 2.00 bits per heavy atom. The van der Waals surface area contributed by atoms with E-state index in [1.807, 2.05) is 0 Å². The quantitative estimate of drug-likeness (QED) is 0.772. The largest absolute Gasteiger partial charge is 0.330 e. The Morgan fingerprint density at radius 1 is 1.29 bits per heavy atom. The summed E-state index contributed by atoms with van der Waals surface area (Å²) >= 11 is 0. The molecule has 2 nitrogen and oxygen atoms in total. The fourth-order valence-corrected chi connectivity index (χ4v) is 2.89. The van der Waals surface area contributed by atoms with E-state index in [0.717, 1.165) is 18.5 Å². The normalized spacial score (nSPS) is 26.5. The first kappa shape index (κ1) is 15.0. The molecule has 1 aliphatic carbocycles. The molecular weight excluding hydrogens is 208 g/mol. The maximum absolute atomic E-state index is 5.77. The van der Waals surface area contributed by atoms with Crippen molar-refractivity contribution >= 4 is 0 Å². The molecule has 2 atom stereocenters. The van der Waals surface area contributed by atoms with Crippen molar-refractivity contribution in [1.29, 1.82) is 0 Å². The molecule has 0 saturated heterocycles. The minimum atomic E-state index is 0.320. The van der Waals surface area contributed by atoms with E-state index in [9.17, 15) is 0 Å². The Morgan fingerprint density at radius 3 is 2.59 bits per heavy atom. The lowest BCUT2D eigenvalue weighted by molar-refractivity contribution is 0.156. The third-order valence-electron chi connectivity index (χ3n) is 4.45. The first-order valence-electron chi connectivity index (χ1n) is 7.35. The van der Waals surface area contributed by atoms with Crippen LogP contribution in [0.15, 0.2) is 0 Å². The molecule has 1 aliphatic rings. The average Bonchev–Trinajstić information content (AvgIpc) is 2.28. The monoisotopic (exact) mass is 240 g/mol. The molecule has 0 aliphatic heterocycles. The highest BCUT2D eigenvalue weighted by atomic mass is 15.1. The summed E-state index contributed by atoms with van der Waals surface area (Å²) in [6.45, 7) is 8.99. The molecule has 0 spiro atoms. The van der Waals surface area contributed by atoms with Gasteiger partial charge < -0.3 is 10.6 Å². The summed E-state index contributed by atoms with van der Waals surface area (Å²) in [6, 6.07) is 0.833. The van der Waals surface area contributed by atoms with Crippen LogP contribution in [0.5, 0.6) is 0 Å². The van der Waals surface area contributed by atoms with E-state index >= 15 is 0 Å². The summed E-state index contributed by atoms with van der Waals surface area (Å²) < 4.78 is 0. The van der Waals surface area contributed by atoms with Gasteiger partial charge in [0.1, 0.15) is 0 Å².